The molecule has 1 aromatic carbocycles. The molecule has 1 aliphatic rings. The predicted molar refractivity (Wildman–Crippen MR) is 84.9 cm³/mol. The van der Waals surface area contributed by atoms with Crippen LogP contribution in [0.15, 0.2) is 33.9 Å². The van der Waals surface area contributed by atoms with Gasteiger partial charge in [0.25, 0.3) is 0 Å². The van der Waals surface area contributed by atoms with Crippen LogP contribution in [0.3, 0.4) is 0 Å². The molecule has 1 saturated carbocycles. The van der Waals surface area contributed by atoms with E-state index in [-0.39, 0.29) is 11.7 Å². The highest BCUT2D eigenvalue weighted by molar-refractivity contribution is 9.10. The van der Waals surface area contributed by atoms with Crippen molar-refractivity contribution >= 4 is 27.7 Å². The van der Waals surface area contributed by atoms with Crippen molar-refractivity contribution in [1.29, 1.82) is 0 Å². The van der Waals surface area contributed by atoms with Gasteiger partial charge in [0.05, 0.1) is 0 Å². The summed E-state index contributed by atoms with van der Waals surface area (Å²) in [5, 5.41) is 12.1. The zero-order chi connectivity index (χ0) is 15.6. The third-order valence-corrected chi connectivity index (χ3v) is 4.89. The van der Waals surface area contributed by atoms with Gasteiger partial charge in [-0.2, -0.15) is 0 Å². The van der Waals surface area contributed by atoms with Crippen molar-refractivity contribution in [2.45, 2.75) is 26.3 Å². The van der Waals surface area contributed by atoms with Crippen molar-refractivity contribution in [2.24, 2.45) is 22.2 Å². The molecular weight excluding hydrogens is 334 g/mol. The summed E-state index contributed by atoms with van der Waals surface area (Å²) in [7, 11) is 1.75. The Bertz CT molecular complexity index is 568. The Labute approximate surface area is 132 Å². The highest BCUT2D eigenvalue weighted by Gasteiger charge is 2.53. The zero-order valence-corrected chi connectivity index (χ0v) is 13.8. The molecule has 0 spiro atoms. The first kappa shape index (κ1) is 15.8. The Morgan fingerprint density at radius 2 is 2.14 bits per heavy atom. The van der Waals surface area contributed by atoms with E-state index >= 15 is 0 Å². The molecule has 0 aromatic heterocycles. The molecule has 1 aliphatic carbocycles. The summed E-state index contributed by atoms with van der Waals surface area (Å²) < 4.78 is 0.962. The fraction of sp³-hybridized carbons (Fsp3) is 0.467. The molecule has 1 aromatic rings. The lowest BCUT2D eigenvalue weighted by Crippen LogP contribution is -2.56. The number of amides is 1. The van der Waals surface area contributed by atoms with Gasteiger partial charge in [0, 0.05) is 18.1 Å². The molecule has 21 heavy (non-hydrogen) atoms. The van der Waals surface area contributed by atoms with Gasteiger partial charge < -0.3 is 15.8 Å². The van der Waals surface area contributed by atoms with E-state index in [0.717, 1.165) is 10.0 Å². The van der Waals surface area contributed by atoms with E-state index < -0.39 is 5.41 Å². The minimum Gasteiger partial charge on any atom is -0.409 e. The zero-order valence-electron chi connectivity index (χ0n) is 12.2. The number of benzene rings is 1. The van der Waals surface area contributed by atoms with Crippen molar-refractivity contribution in [1.82, 2.24) is 4.90 Å². The van der Waals surface area contributed by atoms with Gasteiger partial charge in [-0.3, -0.25) is 4.79 Å². The van der Waals surface area contributed by atoms with Crippen LogP contribution in [0.5, 0.6) is 0 Å². The lowest BCUT2D eigenvalue weighted by atomic mass is 9.61. The first-order chi connectivity index (χ1) is 9.90. The number of carbonyl (C=O) groups is 1. The summed E-state index contributed by atoms with van der Waals surface area (Å²) in [4.78, 5) is 14.4. The van der Waals surface area contributed by atoms with Crippen LogP contribution in [0.2, 0.25) is 0 Å². The van der Waals surface area contributed by atoms with Gasteiger partial charge >= 0.3 is 0 Å². The van der Waals surface area contributed by atoms with Gasteiger partial charge in [0.1, 0.15) is 5.41 Å². The predicted octanol–water partition coefficient (Wildman–Crippen LogP) is 2.57. The Morgan fingerprint density at radius 3 is 2.67 bits per heavy atom. The van der Waals surface area contributed by atoms with Gasteiger partial charge in [-0.1, -0.05) is 46.2 Å². The van der Waals surface area contributed by atoms with Crippen LogP contribution < -0.4 is 5.73 Å². The molecule has 0 aliphatic heterocycles. The van der Waals surface area contributed by atoms with E-state index in [1.165, 1.54) is 0 Å². The van der Waals surface area contributed by atoms with Crippen LogP contribution >= 0.6 is 15.9 Å². The lowest BCUT2D eigenvalue weighted by Gasteiger charge is -2.45. The Balaban J connectivity index is 2.17. The minimum absolute atomic E-state index is 0.0181. The SMILES string of the molecule is CC1CC(C(=O)N(C)Cc2ccccc2Br)(/C(N)=N/O)C1. The lowest BCUT2D eigenvalue weighted by molar-refractivity contribution is -0.143. The second-order valence-corrected chi connectivity index (χ2v) is 6.69. The molecule has 0 saturated heterocycles. The molecule has 1 amide bonds. The molecule has 6 heteroatoms. The summed E-state index contributed by atoms with van der Waals surface area (Å²) in [6.45, 7) is 2.54. The Hall–Kier alpha value is -1.56. The number of amidine groups is 1. The number of nitrogens with two attached hydrogens (primary N) is 1. The summed E-state index contributed by atoms with van der Waals surface area (Å²) in [5.41, 5.74) is 5.96. The molecule has 0 atom stereocenters. The molecule has 0 unspecified atom stereocenters. The van der Waals surface area contributed by atoms with Gasteiger partial charge in [-0.05, 0) is 30.4 Å². The number of nitrogens with zero attached hydrogens (tertiary/aromatic N) is 2. The standard InChI is InChI=1S/C15H20BrN3O2/c1-10-7-15(8-10,13(17)18-21)14(20)19(2)9-11-5-3-4-6-12(11)16/h3-6,10,21H,7-9H2,1-2H3,(H2,17,18). The minimum atomic E-state index is -0.843. The van der Waals surface area contributed by atoms with E-state index in [4.69, 9.17) is 10.9 Å². The monoisotopic (exact) mass is 353 g/mol. The van der Waals surface area contributed by atoms with Gasteiger partial charge in [0.15, 0.2) is 5.84 Å². The van der Waals surface area contributed by atoms with Crippen molar-refractivity contribution in [2.75, 3.05) is 7.05 Å². The normalized spacial score (nSPS) is 25.3. The van der Waals surface area contributed by atoms with Gasteiger partial charge in [-0.15, -0.1) is 0 Å². The molecule has 3 N–H and O–H groups in total. The average molecular weight is 354 g/mol. The van der Waals surface area contributed by atoms with Crippen molar-refractivity contribution in [3.63, 3.8) is 0 Å². The fourth-order valence-electron chi connectivity index (χ4n) is 3.04. The van der Waals surface area contributed by atoms with Gasteiger partial charge in [0.2, 0.25) is 5.91 Å². The molecule has 0 bridgehead atoms. The summed E-state index contributed by atoms with van der Waals surface area (Å²) in [6, 6.07) is 7.77. The van der Waals surface area contributed by atoms with Crippen molar-refractivity contribution in [3.8, 4) is 0 Å². The number of hydrogen-bond donors (Lipinski definition) is 2. The first-order valence-corrected chi connectivity index (χ1v) is 7.67. The maximum absolute atomic E-state index is 12.7. The van der Waals surface area contributed by atoms with Crippen LogP contribution in [-0.2, 0) is 11.3 Å². The molecule has 0 heterocycles. The molecule has 5 nitrogen and oxygen atoms in total. The van der Waals surface area contributed by atoms with Crippen LogP contribution in [0.1, 0.15) is 25.3 Å². The second kappa shape index (κ2) is 6.05. The van der Waals surface area contributed by atoms with Crippen LogP contribution in [0.4, 0.5) is 0 Å². The van der Waals surface area contributed by atoms with E-state index in [1.54, 1.807) is 11.9 Å². The van der Waals surface area contributed by atoms with Crippen LogP contribution in [-0.4, -0.2) is 28.9 Å². The molecule has 2 rings (SSSR count). The summed E-state index contributed by atoms with van der Waals surface area (Å²) in [6.07, 6.45) is 1.25. The number of halogens is 1. The average Bonchev–Trinajstić information content (AvgIpc) is 2.44. The molecule has 1 fully saturated rings. The highest BCUT2D eigenvalue weighted by Crippen LogP contribution is 2.47. The van der Waals surface area contributed by atoms with E-state index in [1.807, 2.05) is 24.3 Å². The van der Waals surface area contributed by atoms with Crippen molar-refractivity contribution in [3.05, 3.63) is 34.3 Å². The van der Waals surface area contributed by atoms with Gasteiger partial charge in [-0.25, -0.2) is 0 Å². The quantitative estimate of drug-likeness (QED) is 0.378. The number of oxime groups is 1. The molecule has 0 radical (unpaired) electrons. The molecule has 114 valence electrons. The smallest absolute Gasteiger partial charge is 0.236 e. The van der Waals surface area contributed by atoms with Crippen LogP contribution in [0, 0.1) is 11.3 Å². The third kappa shape index (κ3) is 2.90. The maximum atomic E-state index is 12.7. The second-order valence-electron chi connectivity index (χ2n) is 5.83. The summed E-state index contributed by atoms with van der Waals surface area (Å²) >= 11 is 3.48. The van der Waals surface area contributed by atoms with Crippen LogP contribution in [0.25, 0.3) is 0 Å². The maximum Gasteiger partial charge on any atom is 0.236 e. The highest BCUT2D eigenvalue weighted by atomic mass is 79.9. The van der Waals surface area contributed by atoms with E-state index in [9.17, 15) is 4.79 Å². The Morgan fingerprint density at radius 1 is 1.52 bits per heavy atom. The van der Waals surface area contributed by atoms with Crippen molar-refractivity contribution < 1.29 is 10.0 Å². The topological polar surface area (TPSA) is 78.9 Å². The fourth-order valence-corrected chi connectivity index (χ4v) is 3.45. The summed E-state index contributed by atoms with van der Waals surface area (Å²) in [5.74, 6) is 0.336. The first-order valence-electron chi connectivity index (χ1n) is 6.87. The molecular formula is C15H20BrN3O2. The van der Waals surface area contributed by atoms with E-state index in [2.05, 4.69) is 28.0 Å². The van der Waals surface area contributed by atoms with E-state index in [0.29, 0.717) is 25.3 Å². The number of rotatable bonds is 4. The third-order valence-electron chi connectivity index (χ3n) is 4.11. The number of carbonyl (C=O) groups excluding carboxylic acids is 1. The number of hydrogen-bond acceptors (Lipinski definition) is 3. The Kier molecular flexibility index (Phi) is 4.56. The largest absolute Gasteiger partial charge is 0.409 e.